The summed E-state index contributed by atoms with van der Waals surface area (Å²) in [6.07, 6.45) is -0.607. The van der Waals surface area contributed by atoms with Crippen LogP contribution in [0.3, 0.4) is 0 Å². The molecular weight excluding hydrogens is 388 g/mol. The zero-order chi connectivity index (χ0) is 21.9. The molecule has 0 aromatic heterocycles. The van der Waals surface area contributed by atoms with Crippen LogP contribution in [0.1, 0.15) is 44.6 Å². The first-order valence-electron chi connectivity index (χ1n) is 10.8. The van der Waals surface area contributed by atoms with Crippen LogP contribution in [-0.4, -0.2) is 70.4 Å². The average molecular weight is 425 g/mol. The van der Waals surface area contributed by atoms with Gasteiger partial charge in [-0.25, -0.2) is 0 Å². The number of ether oxygens (including phenoxy) is 3. The third kappa shape index (κ3) is 7.04. The van der Waals surface area contributed by atoms with Gasteiger partial charge in [-0.3, -0.25) is 0 Å². The molecule has 0 bridgehead atoms. The average Bonchev–Trinajstić information content (AvgIpc) is 2.75. The number of unbranched alkanes of at least 4 members (excludes halogenated alkanes) is 2. The van der Waals surface area contributed by atoms with Crippen molar-refractivity contribution in [3.8, 4) is 5.75 Å². The summed E-state index contributed by atoms with van der Waals surface area (Å²) in [4.78, 5) is 0. The predicted octanol–water partition coefficient (Wildman–Crippen LogP) is 1.95. The number of allylic oxidation sites excluding steroid dienone is 1. The first-order chi connectivity index (χ1) is 14.5. The minimum atomic E-state index is -1.33. The molecule has 30 heavy (non-hydrogen) atoms. The minimum absolute atomic E-state index is 0.0808. The molecule has 0 saturated carbocycles. The Morgan fingerprint density at radius 3 is 2.50 bits per heavy atom. The van der Waals surface area contributed by atoms with Crippen molar-refractivity contribution in [1.82, 2.24) is 0 Å². The molecule has 6 atom stereocenters. The van der Waals surface area contributed by atoms with Crippen molar-refractivity contribution in [1.29, 1.82) is 0 Å². The van der Waals surface area contributed by atoms with Crippen molar-refractivity contribution in [3.63, 3.8) is 0 Å². The number of aliphatic hydroxyl groups is 4. The first-order valence-corrected chi connectivity index (χ1v) is 10.8. The van der Waals surface area contributed by atoms with Gasteiger partial charge in [-0.15, -0.1) is 6.58 Å². The Labute approximate surface area is 178 Å². The van der Waals surface area contributed by atoms with E-state index in [1.165, 1.54) is 0 Å². The van der Waals surface area contributed by atoms with Gasteiger partial charge >= 0.3 is 0 Å². The molecule has 1 aliphatic heterocycles. The van der Waals surface area contributed by atoms with Crippen LogP contribution in [-0.2, 0) is 15.9 Å². The second kappa shape index (κ2) is 13.0. The second-order valence-corrected chi connectivity index (χ2v) is 7.68. The van der Waals surface area contributed by atoms with Crippen molar-refractivity contribution in [2.24, 2.45) is 0 Å². The van der Waals surface area contributed by atoms with Crippen LogP contribution >= 0.6 is 0 Å². The van der Waals surface area contributed by atoms with Crippen LogP contribution in [0.4, 0.5) is 0 Å². The molecule has 0 spiro atoms. The van der Waals surface area contributed by atoms with Gasteiger partial charge in [0, 0.05) is 13.2 Å². The van der Waals surface area contributed by atoms with E-state index in [0.717, 1.165) is 31.2 Å². The van der Waals surface area contributed by atoms with Crippen LogP contribution in [0.25, 0.3) is 0 Å². The Kier molecular flexibility index (Phi) is 10.8. The maximum Gasteiger partial charge on any atom is 0.229 e. The predicted molar refractivity (Wildman–Crippen MR) is 113 cm³/mol. The fraction of sp³-hybridized carbons (Fsp3) is 0.652. The summed E-state index contributed by atoms with van der Waals surface area (Å²) in [6.45, 7) is 6.14. The van der Waals surface area contributed by atoms with Crippen molar-refractivity contribution < 1.29 is 34.6 Å². The number of rotatable bonds is 13. The molecule has 0 aliphatic carbocycles. The molecule has 1 saturated heterocycles. The van der Waals surface area contributed by atoms with Gasteiger partial charge in [0.15, 0.2) is 0 Å². The highest BCUT2D eigenvalue weighted by Gasteiger charge is 2.48. The van der Waals surface area contributed by atoms with E-state index in [4.69, 9.17) is 19.3 Å². The largest absolute Gasteiger partial charge is 0.462 e. The van der Waals surface area contributed by atoms with Crippen molar-refractivity contribution in [2.45, 2.75) is 82.3 Å². The quantitative estimate of drug-likeness (QED) is 0.283. The van der Waals surface area contributed by atoms with Crippen molar-refractivity contribution in [2.75, 3.05) is 13.2 Å². The molecule has 2 rings (SSSR count). The Hall–Kier alpha value is -1.48. The minimum Gasteiger partial charge on any atom is -0.462 e. The molecule has 0 amide bonds. The molecule has 0 radical (unpaired) electrons. The zero-order valence-electron chi connectivity index (χ0n) is 17.7. The summed E-state index contributed by atoms with van der Waals surface area (Å²) < 4.78 is 17.7. The Morgan fingerprint density at radius 2 is 1.87 bits per heavy atom. The summed E-state index contributed by atoms with van der Waals surface area (Å²) in [6, 6.07) is 7.42. The smallest absolute Gasteiger partial charge is 0.229 e. The van der Waals surface area contributed by atoms with E-state index in [9.17, 15) is 15.3 Å². The van der Waals surface area contributed by atoms with Gasteiger partial charge in [0.1, 0.15) is 30.2 Å². The van der Waals surface area contributed by atoms with Crippen LogP contribution in [0.5, 0.6) is 5.75 Å². The first kappa shape index (κ1) is 24.8. The standard InChI is InChI=1S/C23H36O7/c1-3-5-6-15-28-22-20(27)19(26)21(18(25)9-7-14-24)30-23(22)29-17-12-10-16(8-4-2)11-13-17/h4,10-13,18-27H,2-3,5-9,14-15H2,1H3/t18-,19+,20+,21-,22+,23+/m1/s1. The Morgan fingerprint density at radius 1 is 1.13 bits per heavy atom. The van der Waals surface area contributed by atoms with Crippen LogP contribution in [0, 0.1) is 0 Å². The summed E-state index contributed by atoms with van der Waals surface area (Å²) in [5, 5.41) is 40.6. The lowest BCUT2D eigenvalue weighted by molar-refractivity contribution is -0.297. The van der Waals surface area contributed by atoms with Gasteiger partial charge in [-0.2, -0.15) is 0 Å². The highest BCUT2D eigenvalue weighted by Crippen LogP contribution is 2.29. The maximum absolute atomic E-state index is 10.7. The van der Waals surface area contributed by atoms with Gasteiger partial charge in [-0.05, 0) is 43.4 Å². The normalized spacial score (nSPS) is 27.6. The maximum atomic E-state index is 10.7. The fourth-order valence-corrected chi connectivity index (χ4v) is 3.49. The highest BCUT2D eigenvalue weighted by atomic mass is 16.7. The van der Waals surface area contributed by atoms with E-state index >= 15 is 0 Å². The van der Waals surface area contributed by atoms with Gasteiger partial charge in [-0.1, -0.05) is 38.0 Å². The number of hydrogen-bond donors (Lipinski definition) is 4. The van der Waals surface area contributed by atoms with E-state index in [-0.39, 0.29) is 13.0 Å². The molecule has 4 N–H and O–H groups in total. The summed E-state index contributed by atoms with van der Waals surface area (Å²) >= 11 is 0. The number of hydrogen-bond acceptors (Lipinski definition) is 7. The highest BCUT2D eigenvalue weighted by molar-refractivity contribution is 5.28. The molecule has 7 heteroatoms. The topological polar surface area (TPSA) is 109 Å². The molecule has 1 heterocycles. The van der Waals surface area contributed by atoms with E-state index in [0.29, 0.717) is 18.8 Å². The van der Waals surface area contributed by atoms with Crippen LogP contribution in [0.15, 0.2) is 36.9 Å². The molecule has 1 fully saturated rings. The van der Waals surface area contributed by atoms with Gasteiger partial charge < -0.3 is 34.6 Å². The van der Waals surface area contributed by atoms with E-state index in [2.05, 4.69) is 13.5 Å². The van der Waals surface area contributed by atoms with E-state index in [1.54, 1.807) is 12.1 Å². The van der Waals surface area contributed by atoms with Gasteiger partial charge in [0.2, 0.25) is 6.29 Å². The summed E-state index contributed by atoms with van der Waals surface area (Å²) in [5.74, 6) is 0.530. The molecule has 1 aliphatic rings. The summed E-state index contributed by atoms with van der Waals surface area (Å²) in [7, 11) is 0. The second-order valence-electron chi connectivity index (χ2n) is 7.68. The van der Waals surface area contributed by atoms with E-state index < -0.39 is 36.8 Å². The molecular formula is C23H36O7. The third-order valence-corrected chi connectivity index (χ3v) is 5.23. The lowest BCUT2D eigenvalue weighted by atomic mass is 9.93. The van der Waals surface area contributed by atoms with Crippen molar-refractivity contribution >= 4 is 0 Å². The Bertz CT molecular complexity index is 606. The van der Waals surface area contributed by atoms with Crippen LogP contribution in [0.2, 0.25) is 0 Å². The van der Waals surface area contributed by atoms with Gasteiger partial charge in [0.25, 0.3) is 0 Å². The van der Waals surface area contributed by atoms with E-state index in [1.807, 2.05) is 18.2 Å². The number of benzene rings is 1. The Balaban J connectivity index is 2.13. The van der Waals surface area contributed by atoms with Gasteiger partial charge in [0.05, 0.1) is 6.10 Å². The van der Waals surface area contributed by atoms with Crippen LogP contribution < -0.4 is 4.74 Å². The molecule has 1 aromatic rings. The third-order valence-electron chi connectivity index (χ3n) is 5.23. The molecule has 7 nitrogen and oxygen atoms in total. The van der Waals surface area contributed by atoms with Crippen molar-refractivity contribution in [3.05, 3.63) is 42.5 Å². The molecule has 170 valence electrons. The fourth-order valence-electron chi connectivity index (χ4n) is 3.49. The zero-order valence-corrected chi connectivity index (χ0v) is 17.7. The monoisotopic (exact) mass is 424 g/mol. The lowest BCUT2D eigenvalue weighted by Crippen LogP contribution is -2.62. The summed E-state index contributed by atoms with van der Waals surface area (Å²) in [5.41, 5.74) is 1.09. The SMILES string of the molecule is C=CCc1ccc(O[C@H]2O[C@H]([C@H](O)CCCO)[C@@H](O)[C@H](O)[C@@H]2OCCCCC)cc1. The number of aliphatic hydroxyl groups excluding tert-OH is 4. The molecule has 1 aromatic carbocycles. The lowest BCUT2D eigenvalue weighted by Gasteiger charge is -2.43. The molecule has 0 unspecified atom stereocenters.